The van der Waals surface area contributed by atoms with Gasteiger partial charge in [0.15, 0.2) is 0 Å². The Labute approximate surface area is 122 Å². The van der Waals surface area contributed by atoms with Crippen LogP contribution in [0.2, 0.25) is 5.02 Å². The summed E-state index contributed by atoms with van der Waals surface area (Å²) in [6, 6.07) is 5.29. The lowest BCUT2D eigenvalue weighted by molar-refractivity contribution is 0.297. The molecule has 0 saturated carbocycles. The summed E-state index contributed by atoms with van der Waals surface area (Å²) in [6.07, 6.45) is 3.69. The van der Waals surface area contributed by atoms with E-state index in [0.29, 0.717) is 22.9 Å². The lowest BCUT2D eigenvalue weighted by atomic mass is 10.2. The molecule has 6 heteroatoms. The topological polar surface area (TPSA) is 53.1 Å². The summed E-state index contributed by atoms with van der Waals surface area (Å²) in [6.45, 7) is 3.23. The maximum atomic E-state index is 6.07. The van der Waals surface area contributed by atoms with Crippen LogP contribution in [0.3, 0.4) is 0 Å². The van der Waals surface area contributed by atoms with Crippen molar-refractivity contribution in [1.29, 1.82) is 0 Å². The number of aromatic nitrogens is 2. The minimum atomic E-state index is 0.283. The molecule has 2 N–H and O–H groups in total. The number of nitrogens with zero attached hydrogens (tertiary/aromatic N) is 2. The zero-order chi connectivity index (χ0) is 13.8. The number of thiocarbonyl (C=S) groups is 1. The van der Waals surface area contributed by atoms with E-state index in [-0.39, 0.29) is 4.99 Å². The Morgan fingerprint density at radius 1 is 1.53 bits per heavy atom. The zero-order valence-corrected chi connectivity index (χ0v) is 12.0. The maximum Gasteiger partial charge on any atom is 0.120 e. The van der Waals surface area contributed by atoms with Gasteiger partial charge in [-0.3, -0.25) is 0 Å². The molecule has 0 unspecified atom stereocenters. The molecule has 0 atom stereocenters. The molecule has 0 bridgehead atoms. The summed E-state index contributed by atoms with van der Waals surface area (Å²) in [4.78, 5) is 4.43. The van der Waals surface area contributed by atoms with Gasteiger partial charge in [0.1, 0.15) is 23.2 Å². The maximum absolute atomic E-state index is 6.07. The number of benzene rings is 1. The Morgan fingerprint density at radius 2 is 2.32 bits per heavy atom. The molecule has 0 aliphatic heterocycles. The van der Waals surface area contributed by atoms with Gasteiger partial charge in [0.25, 0.3) is 0 Å². The highest BCUT2D eigenvalue weighted by molar-refractivity contribution is 7.80. The third-order valence-corrected chi connectivity index (χ3v) is 3.26. The van der Waals surface area contributed by atoms with Gasteiger partial charge in [-0.05, 0) is 25.1 Å². The van der Waals surface area contributed by atoms with Crippen LogP contribution in [0.25, 0.3) is 0 Å². The first-order valence-electron chi connectivity index (χ1n) is 5.78. The monoisotopic (exact) mass is 295 g/mol. The molecule has 19 heavy (non-hydrogen) atoms. The minimum Gasteiger partial charge on any atom is -0.492 e. The second kappa shape index (κ2) is 6.04. The summed E-state index contributed by atoms with van der Waals surface area (Å²) in [7, 11) is 0. The van der Waals surface area contributed by atoms with Crippen LogP contribution < -0.4 is 10.5 Å². The number of imidazole rings is 1. The van der Waals surface area contributed by atoms with Crippen LogP contribution >= 0.6 is 23.8 Å². The van der Waals surface area contributed by atoms with Gasteiger partial charge >= 0.3 is 0 Å². The van der Waals surface area contributed by atoms with Crippen LogP contribution in [-0.4, -0.2) is 21.1 Å². The zero-order valence-electron chi connectivity index (χ0n) is 10.5. The molecule has 4 nitrogen and oxygen atoms in total. The van der Waals surface area contributed by atoms with Gasteiger partial charge in [-0.15, -0.1) is 0 Å². The van der Waals surface area contributed by atoms with E-state index in [9.17, 15) is 0 Å². The van der Waals surface area contributed by atoms with Gasteiger partial charge in [0, 0.05) is 18.0 Å². The van der Waals surface area contributed by atoms with E-state index in [2.05, 4.69) is 4.98 Å². The lowest BCUT2D eigenvalue weighted by Crippen LogP contribution is -2.11. The van der Waals surface area contributed by atoms with Gasteiger partial charge in [0.05, 0.1) is 11.6 Å². The van der Waals surface area contributed by atoms with E-state index >= 15 is 0 Å². The third-order valence-electron chi connectivity index (χ3n) is 2.73. The third kappa shape index (κ3) is 3.45. The molecular formula is C13H14ClN3OS. The Hall–Kier alpha value is -1.59. The fourth-order valence-electron chi connectivity index (χ4n) is 1.69. The van der Waals surface area contributed by atoms with E-state index in [0.717, 1.165) is 12.4 Å². The van der Waals surface area contributed by atoms with Crippen molar-refractivity contribution >= 4 is 28.8 Å². The van der Waals surface area contributed by atoms with E-state index < -0.39 is 0 Å². The summed E-state index contributed by atoms with van der Waals surface area (Å²) in [5.74, 6) is 1.66. The number of hydrogen-bond donors (Lipinski definition) is 1. The van der Waals surface area contributed by atoms with Crippen molar-refractivity contribution in [3.8, 4) is 5.75 Å². The number of ether oxygens (including phenoxy) is 1. The first-order valence-corrected chi connectivity index (χ1v) is 6.56. The van der Waals surface area contributed by atoms with Crippen molar-refractivity contribution in [2.45, 2.75) is 13.5 Å². The molecule has 2 aromatic rings. The predicted molar refractivity (Wildman–Crippen MR) is 79.8 cm³/mol. The molecule has 0 saturated heterocycles. The van der Waals surface area contributed by atoms with Gasteiger partial charge in [-0.25, -0.2) is 4.98 Å². The molecule has 0 spiro atoms. The smallest absolute Gasteiger partial charge is 0.120 e. The molecule has 100 valence electrons. The Kier molecular flexibility index (Phi) is 4.39. The molecule has 0 aliphatic rings. The molecular weight excluding hydrogens is 282 g/mol. The predicted octanol–water partition coefficient (Wildman–Crippen LogP) is 2.56. The van der Waals surface area contributed by atoms with E-state index in [4.69, 9.17) is 34.3 Å². The highest BCUT2D eigenvalue weighted by atomic mass is 35.5. The fourth-order valence-corrected chi connectivity index (χ4v) is 2.19. The van der Waals surface area contributed by atoms with Crippen LogP contribution in [0.1, 0.15) is 11.4 Å². The van der Waals surface area contributed by atoms with Gasteiger partial charge < -0.3 is 15.0 Å². The minimum absolute atomic E-state index is 0.283. The van der Waals surface area contributed by atoms with Crippen molar-refractivity contribution < 1.29 is 4.74 Å². The SMILES string of the molecule is Cc1nccn1CCOc1ccc(C(N)=S)c(Cl)c1. The molecule has 1 aromatic carbocycles. The largest absolute Gasteiger partial charge is 0.492 e. The highest BCUT2D eigenvalue weighted by Crippen LogP contribution is 2.22. The number of aryl methyl sites for hydroxylation is 1. The van der Waals surface area contributed by atoms with Crippen molar-refractivity contribution in [2.24, 2.45) is 5.73 Å². The average Bonchev–Trinajstić information content (AvgIpc) is 2.75. The summed E-state index contributed by atoms with van der Waals surface area (Å²) < 4.78 is 7.65. The van der Waals surface area contributed by atoms with Crippen LogP contribution in [0, 0.1) is 6.92 Å². The fraction of sp³-hybridized carbons (Fsp3) is 0.231. The summed E-state index contributed by atoms with van der Waals surface area (Å²) in [5.41, 5.74) is 6.20. The molecule has 1 heterocycles. The number of nitrogens with two attached hydrogens (primary N) is 1. The Balaban J connectivity index is 1.95. The quantitative estimate of drug-likeness (QED) is 0.861. The van der Waals surface area contributed by atoms with E-state index in [1.165, 1.54) is 0 Å². The standard InChI is InChI=1S/C13H14ClN3OS/c1-9-16-4-5-17(9)6-7-18-10-2-3-11(13(15)19)12(14)8-10/h2-5,8H,6-7H2,1H3,(H2,15,19). The first kappa shape index (κ1) is 13.8. The Bertz CT molecular complexity index is 597. The second-order valence-electron chi connectivity index (χ2n) is 4.02. The lowest BCUT2D eigenvalue weighted by Gasteiger charge is -2.09. The van der Waals surface area contributed by atoms with Gasteiger partial charge in [-0.2, -0.15) is 0 Å². The summed E-state index contributed by atoms with van der Waals surface area (Å²) in [5, 5.41) is 0.504. The van der Waals surface area contributed by atoms with Gasteiger partial charge in [-0.1, -0.05) is 23.8 Å². The van der Waals surface area contributed by atoms with Crippen molar-refractivity contribution in [1.82, 2.24) is 9.55 Å². The molecule has 0 amide bonds. The van der Waals surface area contributed by atoms with Crippen molar-refractivity contribution in [2.75, 3.05) is 6.61 Å². The molecule has 2 rings (SSSR count). The summed E-state index contributed by atoms with van der Waals surface area (Å²) >= 11 is 11.0. The number of rotatable bonds is 5. The van der Waals surface area contributed by atoms with E-state index in [1.54, 1.807) is 24.4 Å². The van der Waals surface area contributed by atoms with E-state index in [1.807, 2.05) is 17.7 Å². The molecule has 0 aliphatic carbocycles. The Morgan fingerprint density at radius 3 is 2.89 bits per heavy atom. The molecule has 0 fully saturated rings. The molecule has 0 radical (unpaired) electrons. The first-order chi connectivity index (χ1) is 9.08. The molecule has 1 aromatic heterocycles. The van der Waals surface area contributed by atoms with Crippen LogP contribution in [0.4, 0.5) is 0 Å². The van der Waals surface area contributed by atoms with Crippen molar-refractivity contribution in [3.05, 3.63) is 47.0 Å². The normalized spacial score (nSPS) is 10.4. The number of halogens is 1. The van der Waals surface area contributed by atoms with Crippen LogP contribution in [0.15, 0.2) is 30.6 Å². The number of hydrogen-bond acceptors (Lipinski definition) is 3. The van der Waals surface area contributed by atoms with Crippen LogP contribution in [0.5, 0.6) is 5.75 Å². The van der Waals surface area contributed by atoms with Crippen molar-refractivity contribution in [3.63, 3.8) is 0 Å². The second-order valence-corrected chi connectivity index (χ2v) is 4.87. The average molecular weight is 296 g/mol. The van der Waals surface area contributed by atoms with Crippen LogP contribution in [-0.2, 0) is 6.54 Å². The van der Waals surface area contributed by atoms with Gasteiger partial charge in [0.2, 0.25) is 0 Å². The highest BCUT2D eigenvalue weighted by Gasteiger charge is 2.05.